The first-order valence-corrected chi connectivity index (χ1v) is 11.5. The molecule has 164 valence electrons. The van der Waals surface area contributed by atoms with Gasteiger partial charge in [0.2, 0.25) is 5.91 Å². The lowest BCUT2D eigenvalue weighted by atomic mass is 10.0. The maximum Gasteiger partial charge on any atom is 0.222 e. The molecule has 0 aromatic heterocycles. The van der Waals surface area contributed by atoms with Crippen molar-refractivity contribution < 1.29 is 4.79 Å². The van der Waals surface area contributed by atoms with Gasteiger partial charge in [-0.25, -0.2) is 0 Å². The van der Waals surface area contributed by atoms with Crippen LogP contribution in [-0.2, 0) is 4.79 Å². The zero-order chi connectivity index (χ0) is 19.5. The molecule has 0 aliphatic rings. The van der Waals surface area contributed by atoms with E-state index >= 15 is 0 Å². The second-order valence-electron chi connectivity index (χ2n) is 8.12. The Kier molecular flexibility index (Phi) is 23.6. The van der Waals surface area contributed by atoms with Crippen LogP contribution in [-0.4, -0.2) is 49.4 Å². The van der Waals surface area contributed by atoms with Gasteiger partial charge in [0.05, 0.1) is 0 Å². The standard InChI is InChI=1S/C23H48N2O.ClH/c1-5-7-8-9-10-11-12-13-14-15-16-17-18-20-23(26)25(6-2)22-19-21-24(3)4;/h5-22H2,1-4H3;1H. The number of hydrogen-bond donors (Lipinski definition) is 0. The molecule has 0 aromatic carbocycles. The molecule has 0 unspecified atom stereocenters. The van der Waals surface area contributed by atoms with Crippen LogP contribution in [0.4, 0.5) is 0 Å². The van der Waals surface area contributed by atoms with Gasteiger partial charge in [-0.05, 0) is 40.4 Å². The molecule has 0 rings (SSSR count). The van der Waals surface area contributed by atoms with Crippen molar-refractivity contribution in [2.24, 2.45) is 0 Å². The monoisotopic (exact) mass is 404 g/mol. The van der Waals surface area contributed by atoms with Crippen molar-refractivity contribution in [3.63, 3.8) is 0 Å². The van der Waals surface area contributed by atoms with E-state index in [0.717, 1.165) is 38.9 Å². The molecule has 0 aliphatic carbocycles. The Labute approximate surface area is 177 Å². The number of halogens is 1. The Morgan fingerprint density at radius 3 is 1.48 bits per heavy atom. The normalized spacial score (nSPS) is 10.9. The maximum absolute atomic E-state index is 12.3. The fourth-order valence-electron chi connectivity index (χ4n) is 3.49. The van der Waals surface area contributed by atoms with Gasteiger partial charge >= 0.3 is 0 Å². The number of rotatable bonds is 19. The van der Waals surface area contributed by atoms with Gasteiger partial charge in [-0.15, -0.1) is 12.4 Å². The topological polar surface area (TPSA) is 23.6 Å². The van der Waals surface area contributed by atoms with Crippen LogP contribution in [0.5, 0.6) is 0 Å². The third kappa shape index (κ3) is 20.3. The lowest BCUT2D eigenvalue weighted by Crippen LogP contribution is -2.33. The van der Waals surface area contributed by atoms with Gasteiger partial charge in [-0.1, -0.05) is 84.0 Å². The van der Waals surface area contributed by atoms with E-state index in [9.17, 15) is 4.79 Å². The van der Waals surface area contributed by atoms with Crippen molar-refractivity contribution in [2.75, 3.05) is 33.7 Å². The van der Waals surface area contributed by atoms with Crippen LogP contribution in [0, 0.1) is 0 Å². The number of carbonyl (C=O) groups is 1. The largest absolute Gasteiger partial charge is 0.343 e. The van der Waals surface area contributed by atoms with Crippen LogP contribution < -0.4 is 0 Å². The minimum atomic E-state index is 0. The molecule has 0 bridgehead atoms. The Morgan fingerprint density at radius 2 is 1.07 bits per heavy atom. The number of nitrogens with zero attached hydrogens (tertiary/aromatic N) is 2. The molecule has 0 aliphatic heterocycles. The fraction of sp³-hybridized carbons (Fsp3) is 0.957. The molecule has 0 N–H and O–H groups in total. The Bertz CT molecular complexity index is 311. The highest BCUT2D eigenvalue weighted by molar-refractivity contribution is 5.85. The summed E-state index contributed by atoms with van der Waals surface area (Å²) in [5.41, 5.74) is 0. The zero-order valence-corrected chi connectivity index (χ0v) is 19.8. The number of carbonyl (C=O) groups excluding carboxylic acids is 1. The molecule has 3 nitrogen and oxygen atoms in total. The third-order valence-corrected chi connectivity index (χ3v) is 5.26. The molecule has 27 heavy (non-hydrogen) atoms. The molecule has 0 saturated carbocycles. The number of amides is 1. The smallest absolute Gasteiger partial charge is 0.222 e. The van der Waals surface area contributed by atoms with Gasteiger partial charge in [-0.3, -0.25) is 4.79 Å². The lowest BCUT2D eigenvalue weighted by Gasteiger charge is -2.22. The van der Waals surface area contributed by atoms with E-state index in [-0.39, 0.29) is 12.4 Å². The van der Waals surface area contributed by atoms with E-state index in [0.29, 0.717) is 5.91 Å². The van der Waals surface area contributed by atoms with Crippen molar-refractivity contribution in [2.45, 2.75) is 110 Å². The van der Waals surface area contributed by atoms with Crippen LogP contribution >= 0.6 is 12.4 Å². The highest BCUT2D eigenvalue weighted by Crippen LogP contribution is 2.13. The first kappa shape index (κ1) is 28.9. The van der Waals surface area contributed by atoms with E-state index in [1.54, 1.807) is 0 Å². The Balaban J connectivity index is 0. The molecular formula is C23H49ClN2O. The van der Waals surface area contributed by atoms with Crippen LogP contribution in [0.25, 0.3) is 0 Å². The average Bonchev–Trinajstić information content (AvgIpc) is 2.62. The van der Waals surface area contributed by atoms with E-state index in [1.807, 2.05) is 4.90 Å². The molecule has 0 fully saturated rings. The molecule has 4 heteroatoms. The summed E-state index contributed by atoms with van der Waals surface area (Å²) in [5, 5.41) is 0. The summed E-state index contributed by atoms with van der Waals surface area (Å²) in [4.78, 5) is 16.5. The van der Waals surface area contributed by atoms with E-state index in [1.165, 1.54) is 77.0 Å². The summed E-state index contributed by atoms with van der Waals surface area (Å²) in [6.07, 6.45) is 19.5. The van der Waals surface area contributed by atoms with Crippen LogP contribution in [0.15, 0.2) is 0 Å². The molecule has 1 amide bonds. The van der Waals surface area contributed by atoms with Crippen LogP contribution in [0.3, 0.4) is 0 Å². The summed E-state index contributed by atoms with van der Waals surface area (Å²) in [6, 6.07) is 0. The van der Waals surface area contributed by atoms with Gasteiger partial charge in [0.1, 0.15) is 0 Å². The SMILES string of the molecule is CCCCCCCCCCCCCCCC(=O)N(CC)CCCN(C)C.Cl. The molecule has 0 atom stereocenters. The van der Waals surface area contributed by atoms with Gasteiger partial charge < -0.3 is 9.80 Å². The first-order chi connectivity index (χ1) is 12.6. The second-order valence-corrected chi connectivity index (χ2v) is 8.12. The van der Waals surface area contributed by atoms with Crippen LogP contribution in [0.1, 0.15) is 110 Å². The van der Waals surface area contributed by atoms with E-state index in [2.05, 4.69) is 32.8 Å². The highest BCUT2D eigenvalue weighted by Gasteiger charge is 2.10. The fourth-order valence-corrected chi connectivity index (χ4v) is 3.49. The minimum absolute atomic E-state index is 0. The summed E-state index contributed by atoms with van der Waals surface area (Å²) in [7, 11) is 4.18. The summed E-state index contributed by atoms with van der Waals surface area (Å²) in [5.74, 6) is 0.356. The second kappa shape index (κ2) is 22.0. The van der Waals surface area contributed by atoms with Gasteiger partial charge in [0.25, 0.3) is 0 Å². The van der Waals surface area contributed by atoms with Gasteiger partial charge in [0, 0.05) is 19.5 Å². The Hall–Kier alpha value is -0.280. The van der Waals surface area contributed by atoms with Crippen molar-refractivity contribution >= 4 is 18.3 Å². The van der Waals surface area contributed by atoms with Crippen LogP contribution in [0.2, 0.25) is 0 Å². The maximum atomic E-state index is 12.3. The predicted molar refractivity (Wildman–Crippen MR) is 123 cm³/mol. The van der Waals surface area contributed by atoms with Gasteiger partial charge in [-0.2, -0.15) is 0 Å². The van der Waals surface area contributed by atoms with Crippen molar-refractivity contribution in [1.82, 2.24) is 9.80 Å². The quantitative estimate of drug-likeness (QED) is 0.224. The molecule has 0 saturated heterocycles. The summed E-state index contributed by atoms with van der Waals surface area (Å²) in [6.45, 7) is 7.19. The highest BCUT2D eigenvalue weighted by atomic mass is 35.5. The first-order valence-electron chi connectivity index (χ1n) is 11.5. The molecular weight excluding hydrogens is 356 g/mol. The van der Waals surface area contributed by atoms with Crippen molar-refractivity contribution in [1.29, 1.82) is 0 Å². The molecule has 0 spiro atoms. The molecule has 0 aromatic rings. The number of unbranched alkanes of at least 4 members (excludes halogenated alkanes) is 12. The van der Waals surface area contributed by atoms with Crippen molar-refractivity contribution in [3.05, 3.63) is 0 Å². The lowest BCUT2D eigenvalue weighted by molar-refractivity contribution is -0.131. The zero-order valence-electron chi connectivity index (χ0n) is 18.9. The Morgan fingerprint density at radius 1 is 0.630 bits per heavy atom. The van der Waals surface area contributed by atoms with Crippen molar-refractivity contribution in [3.8, 4) is 0 Å². The summed E-state index contributed by atoms with van der Waals surface area (Å²) >= 11 is 0. The molecule has 0 radical (unpaired) electrons. The van der Waals surface area contributed by atoms with Gasteiger partial charge in [0.15, 0.2) is 0 Å². The predicted octanol–water partition coefficient (Wildman–Crippen LogP) is 6.69. The van der Waals surface area contributed by atoms with E-state index < -0.39 is 0 Å². The number of hydrogen-bond acceptors (Lipinski definition) is 2. The summed E-state index contributed by atoms with van der Waals surface area (Å²) < 4.78 is 0. The van der Waals surface area contributed by atoms with E-state index in [4.69, 9.17) is 0 Å². The third-order valence-electron chi connectivity index (χ3n) is 5.26. The minimum Gasteiger partial charge on any atom is -0.343 e. The average molecular weight is 405 g/mol. The molecule has 0 heterocycles.